The van der Waals surface area contributed by atoms with Crippen LogP contribution in [0.5, 0.6) is 0 Å². The summed E-state index contributed by atoms with van der Waals surface area (Å²) in [4.78, 5) is 17.2. The van der Waals surface area contributed by atoms with Crippen molar-refractivity contribution in [2.75, 3.05) is 26.2 Å². The Morgan fingerprint density at radius 2 is 1.75 bits per heavy atom. The number of amides is 1. The highest BCUT2D eigenvalue weighted by molar-refractivity contribution is 5.93. The Morgan fingerprint density at radius 1 is 1.04 bits per heavy atom. The van der Waals surface area contributed by atoms with Crippen molar-refractivity contribution in [1.29, 1.82) is 0 Å². The lowest BCUT2D eigenvalue weighted by atomic mass is 10.1. The molecule has 126 valence electrons. The summed E-state index contributed by atoms with van der Waals surface area (Å²) in [6.07, 6.45) is 5.38. The highest BCUT2D eigenvalue weighted by atomic mass is 16.2. The molecule has 24 heavy (non-hydrogen) atoms. The van der Waals surface area contributed by atoms with Crippen LogP contribution in [0.4, 0.5) is 0 Å². The van der Waals surface area contributed by atoms with Crippen LogP contribution in [-0.4, -0.2) is 58.1 Å². The fraction of sp³-hybridized carbons (Fsp3) is 0.474. The van der Waals surface area contributed by atoms with Crippen LogP contribution in [0.15, 0.2) is 36.4 Å². The maximum Gasteiger partial charge on any atom is 0.271 e. The molecule has 4 rings (SSSR count). The van der Waals surface area contributed by atoms with Gasteiger partial charge in [-0.25, -0.2) is 0 Å². The zero-order chi connectivity index (χ0) is 16.4. The summed E-state index contributed by atoms with van der Waals surface area (Å²) in [5.41, 5.74) is 2.44. The molecule has 5 nitrogen and oxygen atoms in total. The highest BCUT2D eigenvalue weighted by Crippen LogP contribution is 2.25. The molecule has 2 aliphatic rings. The van der Waals surface area contributed by atoms with Crippen LogP contribution in [0.2, 0.25) is 0 Å². The molecule has 1 amide bonds. The second-order valence-electron chi connectivity index (χ2n) is 6.80. The number of aromatic amines is 1. The van der Waals surface area contributed by atoms with Gasteiger partial charge >= 0.3 is 0 Å². The van der Waals surface area contributed by atoms with E-state index in [-0.39, 0.29) is 5.91 Å². The van der Waals surface area contributed by atoms with Crippen LogP contribution in [-0.2, 0) is 0 Å². The number of hydrogen-bond donors (Lipinski definition) is 1. The molecule has 1 saturated heterocycles. The van der Waals surface area contributed by atoms with Crippen molar-refractivity contribution in [1.82, 2.24) is 20.0 Å². The summed E-state index contributed by atoms with van der Waals surface area (Å²) in [6.45, 7) is 3.62. The third-order valence-electron chi connectivity index (χ3n) is 5.32. The van der Waals surface area contributed by atoms with Gasteiger partial charge in [0.25, 0.3) is 5.91 Å². The van der Waals surface area contributed by atoms with Crippen LogP contribution in [0, 0.1) is 0 Å². The van der Waals surface area contributed by atoms with Crippen LogP contribution < -0.4 is 0 Å². The second kappa shape index (κ2) is 6.77. The molecule has 0 atom stereocenters. The second-order valence-corrected chi connectivity index (χ2v) is 6.80. The molecule has 2 heterocycles. The number of nitrogens with one attached hydrogen (secondary N) is 1. The number of carbonyl (C=O) groups excluding carboxylic acids is 1. The number of H-pyrrole nitrogens is 1. The molecule has 0 spiro atoms. The first kappa shape index (κ1) is 15.4. The van der Waals surface area contributed by atoms with E-state index in [0.717, 1.165) is 43.5 Å². The van der Waals surface area contributed by atoms with E-state index in [0.29, 0.717) is 5.69 Å². The van der Waals surface area contributed by atoms with E-state index in [2.05, 4.69) is 15.1 Å². The van der Waals surface area contributed by atoms with Gasteiger partial charge in [-0.2, -0.15) is 5.10 Å². The molecule has 1 aliphatic heterocycles. The summed E-state index contributed by atoms with van der Waals surface area (Å²) in [5.74, 6) is 0.0655. The van der Waals surface area contributed by atoms with E-state index in [1.54, 1.807) is 0 Å². The smallest absolute Gasteiger partial charge is 0.271 e. The molecule has 1 aromatic heterocycles. The van der Waals surface area contributed by atoms with Crippen molar-refractivity contribution in [3.05, 3.63) is 42.1 Å². The lowest BCUT2D eigenvalue weighted by Crippen LogP contribution is -2.51. The number of nitrogens with zero attached hydrogens (tertiary/aromatic N) is 3. The fourth-order valence-electron chi connectivity index (χ4n) is 3.92. The predicted molar refractivity (Wildman–Crippen MR) is 93.8 cm³/mol. The minimum atomic E-state index is 0.0655. The monoisotopic (exact) mass is 324 g/mol. The molecule has 1 N–H and O–H groups in total. The van der Waals surface area contributed by atoms with Crippen LogP contribution in [0.25, 0.3) is 11.3 Å². The minimum Gasteiger partial charge on any atom is -0.335 e. The lowest BCUT2D eigenvalue weighted by Gasteiger charge is -2.37. The van der Waals surface area contributed by atoms with Crippen molar-refractivity contribution in [2.45, 2.75) is 31.7 Å². The molecule has 0 radical (unpaired) electrons. The third-order valence-corrected chi connectivity index (χ3v) is 5.32. The Labute approximate surface area is 142 Å². The summed E-state index contributed by atoms with van der Waals surface area (Å²) in [7, 11) is 0. The van der Waals surface area contributed by atoms with Gasteiger partial charge in [0.2, 0.25) is 0 Å². The first-order valence-electron chi connectivity index (χ1n) is 8.95. The van der Waals surface area contributed by atoms with Gasteiger partial charge in [0.15, 0.2) is 0 Å². The number of carbonyl (C=O) groups is 1. The van der Waals surface area contributed by atoms with E-state index in [4.69, 9.17) is 0 Å². The Hall–Kier alpha value is -2.14. The number of hydrogen-bond acceptors (Lipinski definition) is 3. The number of piperazine rings is 1. The fourth-order valence-corrected chi connectivity index (χ4v) is 3.92. The van der Waals surface area contributed by atoms with Crippen molar-refractivity contribution in [2.24, 2.45) is 0 Å². The maximum atomic E-state index is 12.7. The molecule has 1 aromatic carbocycles. The first-order valence-corrected chi connectivity index (χ1v) is 8.95. The van der Waals surface area contributed by atoms with E-state index in [1.165, 1.54) is 25.7 Å². The Balaban J connectivity index is 1.39. The molecular weight excluding hydrogens is 300 g/mol. The van der Waals surface area contributed by atoms with Gasteiger partial charge in [0, 0.05) is 37.8 Å². The van der Waals surface area contributed by atoms with Crippen molar-refractivity contribution < 1.29 is 4.79 Å². The standard InChI is InChI=1S/C19H24N4O/c24-19(18-14-17(20-21-18)15-6-2-1-3-7-15)23-12-10-22(11-13-23)16-8-4-5-9-16/h1-3,6-7,14,16H,4-5,8-13H2,(H,20,21). The third kappa shape index (κ3) is 3.08. The summed E-state index contributed by atoms with van der Waals surface area (Å²) in [6, 6.07) is 12.6. The molecule has 2 aromatic rings. The van der Waals surface area contributed by atoms with Crippen molar-refractivity contribution in [3.63, 3.8) is 0 Å². The average Bonchev–Trinajstić information content (AvgIpc) is 3.34. The zero-order valence-electron chi connectivity index (χ0n) is 13.9. The summed E-state index contributed by atoms with van der Waals surface area (Å²) < 4.78 is 0. The van der Waals surface area contributed by atoms with Crippen molar-refractivity contribution >= 4 is 5.91 Å². The van der Waals surface area contributed by atoms with Gasteiger partial charge in [-0.05, 0) is 18.9 Å². The largest absolute Gasteiger partial charge is 0.335 e. The summed E-state index contributed by atoms with van der Waals surface area (Å²) >= 11 is 0. The number of rotatable bonds is 3. The normalized spacial score (nSPS) is 19.8. The summed E-state index contributed by atoms with van der Waals surface area (Å²) in [5, 5.41) is 7.21. The maximum absolute atomic E-state index is 12.7. The predicted octanol–water partition coefficient (Wildman–Crippen LogP) is 2.78. The first-order chi connectivity index (χ1) is 11.8. The Morgan fingerprint density at radius 3 is 2.46 bits per heavy atom. The number of benzene rings is 1. The van der Waals surface area contributed by atoms with Crippen LogP contribution in [0.1, 0.15) is 36.2 Å². The molecule has 0 unspecified atom stereocenters. The van der Waals surface area contributed by atoms with E-state index < -0.39 is 0 Å². The lowest BCUT2D eigenvalue weighted by molar-refractivity contribution is 0.0568. The van der Waals surface area contributed by atoms with Gasteiger partial charge in [-0.3, -0.25) is 14.8 Å². The van der Waals surface area contributed by atoms with Gasteiger partial charge in [-0.15, -0.1) is 0 Å². The molecule has 5 heteroatoms. The van der Waals surface area contributed by atoms with Gasteiger partial charge in [0.1, 0.15) is 5.69 Å². The van der Waals surface area contributed by atoms with Crippen LogP contribution >= 0.6 is 0 Å². The topological polar surface area (TPSA) is 52.2 Å². The molecular formula is C19H24N4O. The van der Waals surface area contributed by atoms with Gasteiger partial charge in [-0.1, -0.05) is 43.2 Å². The van der Waals surface area contributed by atoms with E-state index in [1.807, 2.05) is 41.3 Å². The molecule has 0 bridgehead atoms. The Bertz CT molecular complexity index is 682. The quantitative estimate of drug-likeness (QED) is 0.944. The van der Waals surface area contributed by atoms with E-state index >= 15 is 0 Å². The van der Waals surface area contributed by atoms with Gasteiger partial charge in [0.05, 0.1) is 5.69 Å². The Kier molecular flexibility index (Phi) is 4.34. The number of aromatic nitrogens is 2. The SMILES string of the molecule is O=C(c1cc(-c2ccccc2)n[nH]1)N1CCN(C2CCCC2)CC1. The minimum absolute atomic E-state index is 0.0655. The van der Waals surface area contributed by atoms with Gasteiger partial charge < -0.3 is 4.90 Å². The van der Waals surface area contributed by atoms with E-state index in [9.17, 15) is 4.79 Å². The average molecular weight is 324 g/mol. The molecule has 1 aliphatic carbocycles. The van der Waals surface area contributed by atoms with Crippen molar-refractivity contribution in [3.8, 4) is 11.3 Å². The zero-order valence-corrected chi connectivity index (χ0v) is 13.9. The van der Waals surface area contributed by atoms with Crippen LogP contribution in [0.3, 0.4) is 0 Å². The highest BCUT2D eigenvalue weighted by Gasteiger charge is 2.28. The molecule has 2 fully saturated rings. The molecule has 1 saturated carbocycles.